The molecule has 0 aliphatic heterocycles. The monoisotopic (exact) mass is 635 g/mol. The number of anilines is 1. The number of carbonyl (C=O) groups excluding carboxylic acids is 1. The van der Waals surface area contributed by atoms with Gasteiger partial charge in [0.05, 0.1) is 25.2 Å². The molecule has 0 saturated heterocycles. The molecule has 1 atom stereocenters. The van der Waals surface area contributed by atoms with Crippen molar-refractivity contribution in [3.05, 3.63) is 117 Å². The van der Waals surface area contributed by atoms with Crippen molar-refractivity contribution < 1.29 is 14.1 Å². The van der Waals surface area contributed by atoms with Crippen LogP contribution in [-0.4, -0.2) is 45.9 Å². The molecule has 1 N–H and O–H groups in total. The molecule has 0 fully saturated rings. The Kier molecular flexibility index (Phi) is 8.87. The average Bonchev–Trinajstić information content (AvgIpc) is 3.42. The lowest BCUT2D eigenvalue weighted by atomic mass is 10.0. The van der Waals surface area contributed by atoms with Crippen LogP contribution in [0.2, 0.25) is 10.2 Å². The van der Waals surface area contributed by atoms with E-state index < -0.39 is 24.7 Å². The minimum Gasteiger partial charge on any atom is -0.495 e. The van der Waals surface area contributed by atoms with Crippen LogP contribution < -0.4 is 20.9 Å². The van der Waals surface area contributed by atoms with Crippen LogP contribution in [0, 0.1) is 0 Å². The molecule has 0 aliphatic carbocycles. The maximum atomic E-state index is 13.8. The van der Waals surface area contributed by atoms with E-state index in [2.05, 4.69) is 15.6 Å². The van der Waals surface area contributed by atoms with Gasteiger partial charge in [-0.2, -0.15) is 0 Å². The molecular weight excluding hydrogens is 608 g/mol. The number of methoxy groups -OCH3 is 1. The first-order valence-corrected chi connectivity index (χ1v) is 16.6. The number of benzene rings is 3. The topological polar surface area (TPSA) is 108 Å². The van der Waals surface area contributed by atoms with E-state index in [1.807, 2.05) is 30.3 Å². The highest BCUT2D eigenvalue weighted by atomic mass is 35.5. The molecule has 43 heavy (non-hydrogen) atoms. The summed E-state index contributed by atoms with van der Waals surface area (Å²) in [6, 6.07) is 21.9. The normalized spacial score (nSPS) is 12.1. The number of ether oxygens (including phenoxy) is 1. The number of rotatable bonds is 9. The van der Waals surface area contributed by atoms with E-state index in [0.717, 1.165) is 5.56 Å². The first-order chi connectivity index (χ1) is 20.5. The van der Waals surface area contributed by atoms with Gasteiger partial charge in [0.1, 0.15) is 18.9 Å². The van der Waals surface area contributed by atoms with Gasteiger partial charge in [0.15, 0.2) is 5.15 Å². The predicted octanol–water partition coefficient (Wildman–Crippen LogP) is 6.08. The summed E-state index contributed by atoms with van der Waals surface area (Å²) in [7, 11) is -1.08. The summed E-state index contributed by atoms with van der Waals surface area (Å²) in [5.74, 6) is -0.0826. The van der Waals surface area contributed by atoms with Crippen LogP contribution in [0.5, 0.6) is 5.75 Å². The second-order valence-corrected chi connectivity index (χ2v) is 14.3. The van der Waals surface area contributed by atoms with Gasteiger partial charge < -0.3 is 14.6 Å². The van der Waals surface area contributed by atoms with E-state index >= 15 is 0 Å². The number of amides is 1. The van der Waals surface area contributed by atoms with E-state index in [0.29, 0.717) is 38.6 Å². The van der Waals surface area contributed by atoms with Gasteiger partial charge >= 0.3 is 0 Å². The fourth-order valence-corrected chi connectivity index (χ4v) is 5.92. The molecular formula is C31H28Cl2N5O4P. The SMILES string of the molecule is COc1cn(C(Cc2ccccc2)C(=O)Nc2cccc(P(C)(C)=O)c2)c(=O)cc1-c1cc(Cl)ccc1-n1cc(Cl)nn1. The number of aromatic nitrogens is 4. The Morgan fingerprint density at radius 3 is 2.42 bits per heavy atom. The number of nitrogens with one attached hydrogen (secondary N) is 1. The van der Waals surface area contributed by atoms with E-state index in [9.17, 15) is 14.2 Å². The largest absolute Gasteiger partial charge is 0.495 e. The van der Waals surface area contributed by atoms with Crippen LogP contribution in [0.15, 0.2) is 96.1 Å². The van der Waals surface area contributed by atoms with Crippen molar-refractivity contribution in [1.29, 1.82) is 0 Å². The zero-order valence-electron chi connectivity index (χ0n) is 23.6. The molecule has 2 heterocycles. The number of pyridine rings is 1. The summed E-state index contributed by atoms with van der Waals surface area (Å²) in [4.78, 5) is 27.6. The molecule has 5 aromatic rings. The molecule has 1 amide bonds. The summed E-state index contributed by atoms with van der Waals surface area (Å²) in [6.07, 6.45) is 3.29. The average molecular weight is 636 g/mol. The first-order valence-electron chi connectivity index (χ1n) is 13.2. The van der Waals surface area contributed by atoms with Crippen molar-refractivity contribution in [2.24, 2.45) is 0 Å². The zero-order chi connectivity index (χ0) is 30.7. The first kappa shape index (κ1) is 30.3. The van der Waals surface area contributed by atoms with Crippen molar-refractivity contribution in [3.8, 4) is 22.6 Å². The standard InChI is InChI=1S/C31H28Cl2N5O4P/c1-42-28-18-37(30(39)17-25(28)24-15-21(32)12-13-26(24)38-19-29(33)35-36-38)27(14-20-8-5-4-6-9-20)31(40)34-22-10-7-11-23(16-22)43(2,3)41/h4-13,15-19,27H,14H2,1-3H3,(H,34,40). The van der Waals surface area contributed by atoms with E-state index in [-0.39, 0.29) is 11.6 Å². The molecule has 2 aromatic heterocycles. The van der Waals surface area contributed by atoms with Crippen molar-refractivity contribution in [1.82, 2.24) is 19.6 Å². The smallest absolute Gasteiger partial charge is 0.252 e. The molecule has 0 aliphatic rings. The molecule has 5 rings (SSSR count). The maximum Gasteiger partial charge on any atom is 0.252 e. The Labute approximate surface area is 258 Å². The van der Waals surface area contributed by atoms with Crippen LogP contribution in [0.25, 0.3) is 16.8 Å². The molecule has 220 valence electrons. The van der Waals surface area contributed by atoms with E-state index in [1.54, 1.807) is 55.8 Å². The van der Waals surface area contributed by atoms with Crippen LogP contribution >= 0.6 is 30.3 Å². The molecule has 1 unspecified atom stereocenters. The summed E-state index contributed by atoms with van der Waals surface area (Å²) in [5, 5.41) is 12.1. The molecule has 12 heteroatoms. The van der Waals surface area contributed by atoms with Crippen molar-refractivity contribution in [3.63, 3.8) is 0 Å². The van der Waals surface area contributed by atoms with Gasteiger partial charge in [0.25, 0.3) is 5.56 Å². The quantitative estimate of drug-likeness (QED) is 0.197. The Morgan fingerprint density at radius 2 is 1.74 bits per heavy atom. The summed E-state index contributed by atoms with van der Waals surface area (Å²) < 4.78 is 21.2. The fourth-order valence-electron chi connectivity index (χ4n) is 4.73. The second-order valence-electron chi connectivity index (χ2n) is 10.2. The van der Waals surface area contributed by atoms with Crippen LogP contribution in [-0.2, 0) is 15.8 Å². The van der Waals surface area contributed by atoms with Crippen LogP contribution in [0.3, 0.4) is 0 Å². The van der Waals surface area contributed by atoms with Gasteiger partial charge in [-0.15, -0.1) is 5.10 Å². The van der Waals surface area contributed by atoms with E-state index in [4.69, 9.17) is 27.9 Å². The third kappa shape index (κ3) is 6.91. The third-order valence-corrected chi connectivity index (χ3v) is 8.80. The third-order valence-electron chi connectivity index (χ3n) is 6.87. The maximum absolute atomic E-state index is 13.8. The van der Waals surface area contributed by atoms with Gasteiger partial charge in [0, 0.05) is 39.6 Å². The van der Waals surface area contributed by atoms with Crippen molar-refractivity contribution in [2.75, 3.05) is 25.8 Å². The van der Waals surface area contributed by atoms with Gasteiger partial charge in [-0.3, -0.25) is 14.2 Å². The highest BCUT2D eigenvalue weighted by Gasteiger charge is 2.25. The molecule has 0 spiro atoms. The summed E-state index contributed by atoms with van der Waals surface area (Å²) in [6.45, 7) is 3.34. The highest BCUT2D eigenvalue weighted by Crippen LogP contribution is 2.37. The lowest BCUT2D eigenvalue weighted by molar-refractivity contribution is -0.119. The van der Waals surface area contributed by atoms with Gasteiger partial charge in [-0.1, -0.05) is 70.9 Å². The van der Waals surface area contributed by atoms with E-state index in [1.165, 1.54) is 34.8 Å². The van der Waals surface area contributed by atoms with Crippen LogP contribution in [0.4, 0.5) is 5.69 Å². The van der Waals surface area contributed by atoms with Gasteiger partial charge in [-0.25, -0.2) is 4.68 Å². The highest BCUT2D eigenvalue weighted by molar-refractivity contribution is 7.70. The Hall–Kier alpha value is -4.17. The molecule has 9 nitrogen and oxygen atoms in total. The number of nitrogens with zero attached hydrogens (tertiary/aromatic N) is 4. The van der Waals surface area contributed by atoms with Gasteiger partial charge in [0.2, 0.25) is 5.91 Å². The lowest BCUT2D eigenvalue weighted by Gasteiger charge is -2.22. The number of halogens is 2. The predicted molar refractivity (Wildman–Crippen MR) is 171 cm³/mol. The molecule has 0 bridgehead atoms. The summed E-state index contributed by atoms with van der Waals surface area (Å²) >= 11 is 12.4. The summed E-state index contributed by atoms with van der Waals surface area (Å²) in [5.41, 5.74) is 2.48. The van der Waals surface area contributed by atoms with Gasteiger partial charge in [-0.05, 0) is 49.2 Å². The second kappa shape index (κ2) is 12.6. The van der Waals surface area contributed by atoms with Crippen LogP contribution in [0.1, 0.15) is 11.6 Å². The number of hydrogen-bond donors (Lipinski definition) is 1. The number of hydrogen-bond acceptors (Lipinski definition) is 6. The van der Waals surface area contributed by atoms with Crippen molar-refractivity contribution >= 4 is 47.2 Å². The molecule has 0 saturated carbocycles. The minimum atomic E-state index is -2.56. The minimum absolute atomic E-state index is 0.198. The molecule has 3 aromatic carbocycles. The lowest BCUT2D eigenvalue weighted by Crippen LogP contribution is -2.34. The number of carbonyl (C=O) groups is 1. The Morgan fingerprint density at radius 1 is 0.977 bits per heavy atom. The molecule has 0 radical (unpaired) electrons. The Balaban J connectivity index is 1.60. The van der Waals surface area contributed by atoms with Crippen molar-refractivity contribution in [2.45, 2.75) is 12.5 Å². The zero-order valence-corrected chi connectivity index (χ0v) is 26.0. The Bertz CT molecular complexity index is 1900. The fraction of sp³-hybridized carbons (Fsp3) is 0.161.